The summed E-state index contributed by atoms with van der Waals surface area (Å²) in [5.74, 6) is 0. The molecular weight excluding hydrogens is 272 g/mol. The highest BCUT2D eigenvalue weighted by Gasteiger charge is 1.96. The number of aromatic nitrogens is 4. The lowest BCUT2D eigenvalue weighted by Gasteiger charge is -1.98. The Balaban J connectivity index is 1.78. The zero-order chi connectivity index (χ0) is 15.4. The van der Waals surface area contributed by atoms with Gasteiger partial charge in [0.25, 0.3) is 0 Å². The Morgan fingerprint density at radius 3 is 1.68 bits per heavy atom. The summed E-state index contributed by atoms with van der Waals surface area (Å²) in [6, 6.07) is 10.1. The molecule has 0 spiro atoms. The van der Waals surface area contributed by atoms with Crippen LogP contribution in [-0.4, -0.2) is 19.1 Å². The Kier molecular flexibility index (Phi) is 4.01. The minimum absolute atomic E-state index is 0.891. The summed E-state index contributed by atoms with van der Waals surface area (Å²) >= 11 is 0. The molecular formula is C18H18N4. The molecule has 0 radical (unpaired) electrons. The molecule has 0 bridgehead atoms. The first-order chi connectivity index (χ1) is 10.7. The van der Waals surface area contributed by atoms with Crippen LogP contribution in [0.5, 0.6) is 0 Å². The van der Waals surface area contributed by atoms with Crippen LogP contribution in [0.25, 0.3) is 24.3 Å². The molecule has 3 aromatic rings. The summed E-state index contributed by atoms with van der Waals surface area (Å²) in [6.07, 6.45) is 13.7. The lowest BCUT2D eigenvalue weighted by molar-refractivity contribution is 0.915. The van der Waals surface area contributed by atoms with Gasteiger partial charge >= 0.3 is 0 Å². The van der Waals surface area contributed by atoms with Gasteiger partial charge in [0.1, 0.15) is 6.33 Å². The van der Waals surface area contributed by atoms with Crippen molar-refractivity contribution in [3.05, 3.63) is 71.8 Å². The van der Waals surface area contributed by atoms with E-state index < -0.39 is 0 Å². The predicted octanol–water partition coefficient (Wildman–Crippen LogP) is 3.49. The first-order valence-corrected chi connectivity index (χ1v) is 7.13. The fraction of sp³-hybridized carbons (Fsp3) is 0.111. The molecule has 0 saturated carbocycles. The highest BCUT2D eigenvalue weighted by Crippen LogP contribution is 2.10. The molecule has 0 unspecified atom stereocenters. The second-order valence-electron chi connectivity index (χ2n) is 5.12. The van der Waals surface area contributed by atoms with Crippen molar-refractivity contribution in [3.8, 4) is 0 Å². The van der Waals surface area contributed by atoms with Crippen molar-refractivity contribution in [3.63, 3.8) is 0 Å². The van der Waals surface area contributed by atoms with Crippen molar-refractivity contribution in [1.82, 2.24) is 19.1 Å². The second-order valence-corrected chi connectivity index (χ2v) is 5.12. The number of hydrogen-bond donors (Lipinski definition) is 0. The van der Waals surface area contributed by atoms with Crippen molar-refractivity contribution >= 4 is 24.3 Å². The number of nitrogens with zero attached hydrogens (tertiary/aromatic N) is 4. The van der Waals surface area contributed by atoms with Crippen LogP contribution in [0.3, 0.4) is 0 Å². The quantitative estimate of drug-likeness (QED) is 0.737. The van der Waals surface area contributed by atoms with Crippen LogP contribution in [0, 0.1) is 0 Å². The Labute approximate surface area is 130 Å². The van der Waals surface area contributed by atoms with Gasteiger partial charge in [-0.2, -0.15) is 0 Å². The molecule has 22 heavy (non-hydrogen) atoms. The van der Waals surface area contributed by atoms with Crippen molar-refractivity contribution < 1.29 is 0 Å². The van der Waals surface area contributed by atoms with E-state index in [1.165, 1.54) is 0 Å². The molecule has 0 saturated heterocycles. The lowest BCUT2D eigenvalue weighted by atomic mass is 10.2. The third kappa shape index (κ3) is 3.23. The topological polar surface area (TPSA) is 35.6 Å². The lowest BCUT2D eigenvalue weighted by Crippen LogP contribution is -1.90. The van der Waals surface area contributed by atoms with E-state index in [9.17, 15) is 0 Å². The molecule has 110 valence electrons. The summed E-state index contributed by atoms with van der Waals surface area (Å²) in [6.45, 7) is 0. The molecule has 3 rings (SSSR count). The monoisotopic (exact) mass is 290 g/mol. The summed E-state index contributed by atoms with van der Waals surface area (Å²) in [5, 5.41) is 0. The van der Waals surface area contributed by atoms with Gasteiger partial charge in [-0.05, 0) is 54.6 Å². The molecule has 4 heteroatoms. The number of hydrogen-bond acceptors (Lipinski definition) is 2. The van der Waals surface area contributed by atoms with Gasteiger partial charge < -0.3 is 9.13 Å². The maximum Gasteiger partial charge on any atom is 0.116 e. The van der Waals surface area contributed by atoms with Crippen LogP contribution in [0.15, 0.2) is 49.1 Å². The SMILES string of the molecule is Cn1cccc1/C=C/c1cc(/C=C/c2cccn2C)ncn1. The summed E-state index contributed by atoms with van der Waals surface area (Å²) in [4.78, 5) is 8.57. The average Bonchev–Trinajstić information content (AvgIpc) is 3.12. The highest BCUT2D eigenvalue weighted by atomic mass is 14.9. The van der Waals surface area contributed by atoms with E-state index in [-0.39, 0.29) is 0 Å². The average molecular weight is 290 g/mol. The van der Waals surface area contributed by atoms with E-state index >= 15 is 0 Å². The third-order valence-corrected chi connectivity index (χ3v) is 3.53. The van der Waals surface area contributed by atoms with Gasteiger partial charge in [-0.1, -0.05) is 0 Å². The number of aryl methyl sites for hydroxylation is 2. The van der Waals surface area contributed by atoms with E-state index in [4.69, 9.17) is 0 Å². The Morgan fingerprint density at radius 1 is 0.773 bits per heavy atom. The first-order valence-electron chi connectivity index (χ1n) is 7.13. The molecule has 3 heterocycles. The molecule has 3 aromatic heterocycles. The summed E-state index contributed by atoms with van der Waals surface area (Å²) in [5.41, 5.74) is 4.06. The van der Waals surface area contributed by atoms with Gasteiger partial charge in [0.15, 0.2) is 0 Å². The van der Waals surface area contributed by atoms with Gasteiger partial charge in [-0.3, -0.25) is 0 Å². The Hall–Kier alpha value is -2.88. The number of rotatable bonds is 4. The van der Waals surface area contributed by atoms with E-state index in [0.29, 0.717) is 0 Å². The molecule has 0 amide bonds. The smallest absolute Gasteiger partial charge is 0.116 e. The first kappa shape index (κ1) is 14.1. The predicted molar refractivity (Wildman–Crippen MR) is 90.7 cm³/mol. The van der Waals surface area contributed by atoms with E-state index in [1.807, 2.05) is 69.0 Å². The van der Waals surface area contributed by atoms with Crippen LogP contribution in [0.4, 0.5) is 0 Å². The Bertz CT molecular complexity index is 755. The van der Waals surface area contributed by atoms with Crippen molar-refractivity contribution in [2.45, 2.75) is 0 Å². The molecule has 4 nitrogen and oxygen atoms in total. The third-order valence-electron chi connectivity index (χ3n) is 3.53. The van der Waals surface area contributed by atoms with Gasteiger partial charge in [0.2, 0.25) is 0 Å². The van der Waals surface area contributed by atoms with Gasteiger partial charge in [-0.15, -0.1) is 0 Å². The fourth-order valence-electron chi connectivity index (χ4n) is 2.21. The molecule has 0 fully saturated rings. The minimum atomic E-state index is 0.891. The van der Waals surface area contributed by atoms with Crippen LogP contribution in [-0.2, 0) is 14.1 Å². The van der Waals surface area contributed by atoms with Crippen LogP contribution in [0.1, 0.15) is 22.8 Å². The minimum Gasteiger partial charge on any atom is -0.351 e. The summed E-state index contributed by atoms with van der Waals surface area (Å²) in [7, 11) is 4.04. The molecule has 0 aromatic carbocycles. The van der Waals surface area contributed by atoms with Crippen LogP contribution < -0.4 is 0 Å². The maximum atomic E-state index is 4.28. The van der Waals surface area contributed by atoms with Gasteiger partial charge in [0.05, 0.1) is 11.4 Å². The molecule has 0 aliphatic rings. The van der Waals surface area contributed by atoms with Crippen LogP contribution >= 0.6 is 0 Å². The fourth-order valence-corrected chi connectivity index (χ4v) is 2.21. The molecule has 0 atom stereocenters. The largest absolute Gasteiger partial charge is 0.351 e. The maximum absolute atomic E-state index is 4.28. The second kappa shape index (κ2) is 6.26. The molecule has 0 N–H and O–H groups in total. The van der Waals surface area contributed by atoms with Crippen molar-refractivity contribution in [2.75, 3.05) is 0 Å². The van der Waals surface area contributed by atoms with Gasteiger partial charge in [0, 0.05) is 37.9 Å². The van der Waals surface area contributed by atoms with E-state index in [2.05, 4.69) is 31.2 Å². The van der Waals surface area contributed by atoms with Crippen molar-refractivity contribution in [1.29, 1.82) is 0 Å². The van der Waals surface area contributed by atoms with Crippen LogP contribution in [0.2, 0.25) is 0 Å². The normalized spacial score (nSPS) is 11.7. The zero-order valence-electron chi connectivity index (χ0n) is 12.7. The summed E-state index contributed by atoms with van der Waals surface area (Å²) < 4.78 is 4.13. The highest BCUT2D eigenvalue weighted by molar-refractivity contribution is 5.70. The Morgan fingerprint density at radius 2 is 1.27 bits per heavy atom. The van der Waals surface area contributed by atoms with Crippen molar-refractivity contribution in [2.24, 2.45) is 14.1 Å². The van der Waals surface area contributed by atoms with Gasteiger partial charge in [-0.25, -0.2) is 9.97 Å². The van der Waals surface area contributed by atoms with E-state index in [1.54, 1.807) is 6.33 Å². The van der Waals surface area contributed by atoms with E-state index in [0.717, 1.165) is 22.8 Å². The molecule has 0 aliphatic heterocycles. The zero-order valence-corrected chi connectivity index (χ0v) is 12.7. The molecule has 0 aliphatic carbocycles. The standard InChI is InChI=1S/C18H18N4/c1-21-11-3-5-17(21)9-7-15-13-16(20-14-19-15)8-10-18-6-4-12-22(18)2/h3-14H,1-2H3/b9-7+,10-8+.